The maximum atomic E-state index is 12.6. The molecule has 0 spiro atoms. The number of aromatic carboxylic acids is 1. The molecule has 1 amide bonds. The molecule has 2 N–H and O–H groups in total. The summed E-state index contributed by atoms with van der Waals surface area (Å²) in [6, 6.07) is 0. The van der Waals surface area contributed by atoms with Crippen LogP contribution < -0.4 is 5.32 Å². The van der Waals surface area contributed by atoms with Crippen molar-refractivity contribution in [2.24, 2.45) is 7.05 Å². The van der Waals surface area contributed by atoms with E-state index in [2.05, 4.69) is 10.4 Å². The smallest absolute Gasteiger partial charge is 0.341 e. The van der Waals surface area contributed by atoms with Crippen molar-refractivity contribution >= 4 is 34.2 Å². The normalized spacial score (nSPS) is 13.2. The van der Waals surface area contributed by atoms with Gasteiger partial charge in [0.15, 0.2) is 0 Å². The van der Waals surface area contributed by atoms with Crippen molar-refractivity contribution in [3.05, 3.63) is 33.5 Å². The van der Waals surface area contributed by atoms with Gasteiger partial charge in [0.05, 0.1) is 18.9 Å². The number of nitrogens with one attached hydrogen (secondary N) is 1. The van der Waals surface area contributed by atoms with E-state index in [0.717, 1.165) is 42.3 Å². The third-order valence-corrected chi connectivity index (χ3v) is 5.38. The van der Waals surface area contributed by atoms with E-state index in [0.29, 0.717) is 10.6 Å². The highest BCUT2D eigenvalue weighted by molar-refractivity contribution is 7.17. The molecular formula is C16H17N3O5S. The number of fused-ring (bicyclic) bond motifs is 1. The van der Waals surface area contributed by atoms with Gasteiger partial charge in [-0.05, 0) is 31.2 Å². The molecule has 2 heterocycles. The van der Waals surface area contributed by atoms with Crippen LogP contribution in [0.4, 0.5) is 5.00 Å². The van der Waals surface area contributed by atoms with Gasteiger partial charge >= 0.3 is 11.9 Å². The van der Waals surface area contributed by atoms with Gasteiger partial charge in [0.25, 0.3) is 5.91 Å². The van der Waals surface area contributed by atoms with Crippen molar-refractivity contribution in [2.75, 3.05) is 12.4 Å². The van der Waals surface area contributed by atoms with E-state index in [1.54, 1.807) is 0 Å². The number of hydrogen-bond donors (Lipinski definition) is 2. The molecule has 0 bridgehead atoms. The van der Waals surface area contributed by atoms with E-state index >= 15 is 0 Å². The monoisotopic (exact) mass is 363 g/mol. The van der Waals surface area contributed by atoms with E-state index in [4.69, 9.17) is 4.74 Å². The Morgan fingerprint density at radius 2 is 2.04 bits per heavy atom. The molecule has 0 aliphatic heterocycles. The lowest BCUT2D eigenvalue weighted by Crippen LogP contribution is -2.20. The molecule has 0 atom stereocenters. The highest BCUT2D eigenvalue weighted by Crippen LogP contribution is 2.38. The fourth-order valence-corrected chi connectivity index (χ4v) is 4.27. The van der Waals surface area contributed by atoms with Crippen LogP contribution in [0.5, 0.6) is 0 Å². The van der Waals surface area contributed by atoms with E-state index < -0.39 is 17.8 Å². The molecule has 0 radical (unpaired) electrons. The van der Waals surface area contributed by atoms with Crippen LogP contribution in [0, 0.1) is 0 Å². The number of anilines is 1. The number of aromatic nitrogens is 2. The first-order valence-electron chi connectivity index (χ1n) is 7.73. The summed E-state index contributed by atoms with van der Waals surface area (Å²) in [5.74, 6) is -2.36. The zero-order valence-electron chi connectivity index (χ0n) is 13.8. The number of nitrogens with zero attached hydrogens (tertiary/aromatic N) is 2. The number of amides is 1. The first-order valence-corrected chi connectivity index (χ1v) is 8.55. The fourth-order valence-electron chi connectivity index (χ4n) is 3.00. The lowest BCUT2D eigenvalue weighted by Gasteiger charge is -2.11. The maximum absolute atomic E-state index is 12.6. The number of aryl methyl sites for hydroxylation is 2. The third-order valence-electron chi connectivity index (χ3n) is 4.17. The van der Waals surface area contributed by atoms with Crippen LogP contribution in [-0.2, 0) is 24.6 Å². The van der Waals surface area contributed by atoms with Crippen LogP contribution in [0.3, 0.4) is 0 Å². The Labute approximate surface area is 147 Å². The zero-order valence-corrected chi connectivity index (χ0v) is 14.6. The quantitative estimate of drug-likeness (QED) is 0.805. The Kier molecular flexibility index (Phi) is 4.58. The molecule has 0 fully saturated rings. The number of carbonyl (C=O) groups excluding carboxylic acids is 2. The van der Waals surface area contributed by atoms with Crippen molar-refractivity contribution in [2.45, 2.75) is 25.7 Å². The number of methoxy groups -OCH3 is 1. The summed E-state index contributed by atoms with van der Waals surface area (Å²) < 4.78 is 6.06. The number of rotatable bonds is 4. The van der Waals surface area contributed by atoms with Crippen molar-refractivity contribution in [1.82, 2.24) is 9.78 Å². The molecule has 25 heavy (non-hydrogen) atoms. The van der Waals surface area contributed by atoms with Crippen LogP contribution in [0.1, 0.15) is 54.5 Å². The van der Waals surface area contributed by atoms with Gasteiger partial charge in [0.1, 0.15) is 16.3 Å². The molecule has 0 aromatic carbocycles. The summed E-state index contributed by atoms with van der Waals surface area (Å²) in [6.07, 6.45) is 4.75. The van der Waals surface area contributed by atoms with Gasteiger partial charge in [-0.15, -0.1) is 11.3 Å². The summed E-state index contributed by atoms with van der Waals surface area (Å²) >= 11 is 1.34. The molecule has 1 aliphatic carbocycles. The van der Waals surface area contributed by atoms with Gasteiger partial charge in [-0.2, -0.15) is 5.10 Å². The highest BCUT2D eigenvalue weighted by Gasteiger charge is 2.29. The lowest BCUT2D eigenvalue weighted by atomic mass is 9.95. The number of carbonyl (C=O) groups is 3. The molecule has 3 rings (SSSR count). The molecule has 0 saturated carbocycles. The standard InChI is InChI=1S/C16H17N3O5S/c1-19-12(9(7-17-19)15(21)22)13(20)18-14-11(16(23)24-2)8-5-3-4-6-10(8)25-14/h7H,3-6H2,1-2H3,(H,18,20)(H,21,22). The molecular weight excluding hydrogens is 346 g/mol. The van der Waals surface area contributed by atoms with Crippen LogP contribution in [0.15, 0.2) is 6.20 Å². The lowest BCUT2D eigenvalue weighted by molar-refractivity contribution is 0.0600. The molecule has 0 unspecified atom stereocenters. The van der Waals surface area contributed by atoms with Gasteiger partial charge in [-0.3, -0.25) is 9.48 Å². The predicted molar refractivity (Wildman–Crippen MR) is 90.4 cm³/mol. The number of hydrogen-bond acceptors (Lipinski definition) is 6. The minimum absolute atomic E-state index is 0.0744. The van der Waals surface area contributed by atoms with Crippen LogP contribution in [0.2, 0.25) is 0 Å². The van der Waals surface area contributed by atoms with E-state index in [1.165, 1.54) is 30.2 Å². The summed E-state index contributed by atoms with van der Waals surface area (Å²) in [6.45, 7) is 0. The number of esters is 1. The molecule has 2 aromatic rings. The molecule has 8 nitrogen and oxygen atoms in total. The van der Waals surface area contributed by atoms with Gasteiger partial charge in [0.2, 0.25) is 0 Å². The Hall–Kier alpha value is -2.68. The van der Waals surface area contributed by atoms with Crippen LogP contribution >= 0.6 is 11.3 Å². The summed E-state index contributed by atoms with van der Waals surface area (Å²) in [7, 11) is 2.78. The summed E-state index contributed by atoms with van der Waals surface area (Å²) in [4.78, 5) is 37.1. The van der Waals surface area contributed by atoms with Gasteiger partial charge in [-0.1, -0.05) is 0 Å². The number of ether oxygens (including phenoxy) is 1. The third kappa shape index (κ3) is 3.02. The number of carboxylic acids is 1. The SMILES string of the molecule is COC(=O)c1c(NC(=O)c2c(C(=O)O)cnn2C)sc2c1CCCC2. The predicted octanol–water partition coefficient (Wildman–Crippen LogP) is 2.10. The molecule has 132 valence electrons. The number of carboxylic acid groups (broad SMARTS) is 1. The maximum Gasteiger partial charge on any atom is 0.341 e. The van der Waals surface area contributed by atoms with Crippen molar-refractivity contribution in [3.63, 3.8) is 0 Å². The molecule has 9 heteroatoms. The van der Waals surface area contributed by atoms with Crippen LogP contribution in [0.25, 0.3) is 0 Å². The van der Waals surface area contributed by atoms with Crippen LogP contribution in [-0.4, -0.2) is 39.8 Å². The van der Waals surface area contributed by atoms with Crippen molar-refractivity contribution in [3.8, 4) is 0 Å². The first-order chi connectivity index (χ1) is 11.9. The second-order valence-corrected chi connectivity index (χ2v) is 6.80. The van der Waals surface area contributed by atoms with Gasteiger partial charge in [0, 0.05) is 11.9 Å². The topological polar surface area (TPSA) is 111 Å². The van der Waals surface area contributed by atoms with Crippen molar-refractivity contribution in [1.29, 1.82) is 0 Å². The van der Waals surface area contributed by atoms with E-state index in [-0.39, 0.29) is 11.3 Å². The average molecular weight is 363 g/mol. The largest absolute Gasteiger partial charge is 0.478 e. The minimum atomic E-state index is -1.24. The number of thiophene rings is 1. The summed E-state index contributed by atoms with van der Waals surface area (Å²) in [5.41, 5.74) is 1.02. The fraction of sp³-hybridized carbons (Fsp3) is 0.375. The second-order valence-electron chi connectivity index (χ2n) is 5.70. The Bertz CT molecular complexity index is 867. The Balaban J connectivity index is 2.00. The van der Waals surface area contributed by atoms with E-state index in [9.17, 15) is 19.5 Å². The Morgan fingerprint density at radius 1 is 1.32 bits per heavy atom. The molecule has 0 saturated heterocycles. The van der Waals surface area contributed by atoms with Gasteiger partial charge in [-0.25, -0.2) is 9.59 Å². The molecule has 2 aromatic heterocycles. The summed E-state index contributed by atoms with van der Waals surface area (Å²) in [5, 5.41) is 16.1. The van der Waals surface area contributed by atoms with E-state index in [1.807, 2.05) is 0 Å². The Morgan fingerprint density at radius 3 is 2.72 bits per heavy atom. The average Bonchev–Trinajstić information content (AvgIpc) is 3.14. The second kappa shape index (κ2) is 6.67. The van der Waals surface area contributed by atoms with Gasteiger partial charge < -0.3 is 15.2 Å². The highest BCUT2D eigenvalue weighted by atomic mass is 32.1. The first kappa shape index (κ1) is 17.2. The van der Waals surface area contributed by atoms with Crippen molar-refractivity contribution < 1.29 is 24.2 Å². The zero-order chi connectivity index (χ0) is 18.1. The minimum Gasteiger partial charge on any atom is -0.478 e. The molecule has 1 aliphatic rings.